The van der Waals surface area contributed by atoms with Crippen LogP contribution in [-0.2, 0) is 0 Å². The SMILES string of the molecule is O=C(NCCNC(CC(c1ccccc1)c1ccccc1)C(=O)c1ccccc1)c1cn(C(=O)O)c2ccccc12. The average Bonchev–Trinajstić information content (AvgIpc) is 3.42. The van der Waals surface area contributed by atoms with E-state index in [1.165, 1.54) is 6.20 Å². The van der Waals surface area contributed by atoms with Crippen LogP contribution in [0.4, 0.5) is 4.79 Å². The van der Waals surface area contributed by atoms with E-state index in [2.05, 4.69) is 34.9 Å². The first-order valence-electron chi connectivity index (χ1n) is 13.6. The molecule has 1 aromatic heterocycles. The zero-order valence-corrected chi connectivity index (χ0v) is 22.4. The number of Topliss-reactive ketones (excluding diaryl/α,β-unsaturated/α-hetero) is 1. The third-order valence-corrected chi connectivity index (χ3v) is 7.21. The third kappa shape index (κ3) is 6.42. The van der Waals surface area contributed by atoms with Gasteiger partial charge in [-0.15, -0.1) is 0 Å². The Kier molecular flexibility index (Phi) is 8.67. The van der Waals surface area contributed by atoms with Crippen molar-refractivity contribution in [1.29, 1.82) is 0 Å². The van der Waals surface area contributed by atoms with Gasteiger partial charge in [0.2, 0.25) is 0 Å². The van der Waals surface area contributed by atoms with E-state index in [9.17, 15) is 19.5 Å². The van der Waals surface area contributed by atoms with E-state index in [1.54, 1.807) is 24.3 Å². The number of nitrogens with zero attached hydrogens (tertiary/aromatic N) is 1. The van der Waals surface area contributed by atoms with Crippen LogP contribution in [0.15, 0.2) is 121 Å². The minimum atomic E-state index is -1.16. The maximum absolute atomic E-state index is 13.7. The van der Waals surface area contributed by atoms with Crippen LogP contribution in [0.1, 0.15) is 44.2 Å². The van der Waals surface area contributed by atoms with Crippen molar-refractivity contribution in [2.24, 2.45) is 0 Å². The Balaban J connectivity index is 1.33. The molecule has 0 aliphatic carbocycles. The van der Waals surface area contributed by atoms with E-state index < -0.39 is 12.1 Å². The van der Waals surface area contributed by atoms with Gasteiger partial charge >= 0.3 is 6.09 Å². The fraction of sp³-hybridized carbons (Fsp3) is 0.147. The molecule has 0 aliphatic heterocycles. The van der Waals surface area contributed by atoms with Crippen molar-refractivity contribution in [3.63, 3.8) is 0 Å². The predicted molar refractivity (Wildman–Crippen MR) is 160 cm³/mol. The molecule has 1 heterocycles. The molecule has 0 bridgehead atoms. The molecular weight excluding hydrogens is 514 g/mol. The van der Waals surface area contributed by atoms with Gasteiger partial charge in [-0.1, -0.05) is 109 Å². The van der Waals surface area contributed by atoms with E-state index in [0.717, 1.165) is 15.7 Å². The van der Waals surface area contributed by atoms with Gasteiger partial charge in [-0.2, -0.15) is 0 Å². The Morgan fingerprint density at radius 3 is 1.88 bits per heavy atom. The number of aromatic nitrogens is 1. The van der Waals surface area contributed by atoms with Crippen LogP contribution in [-0.4, -0.2) is 46.6 Å². The van der Waals surface area contributed by atoms with Gasteiger partial charge in [0.05, 0.1) is 17.1 Å². The van der Waals surface area contributed by atoms with Gasteiger partial charge in [-0.25, -0.2) is 4.79 Å². The van der Waals surface area contributed by atoms with E-state index in [4.69, 9.17) is 0 Å². The zero-order chi connectivity index (χ0) is 28.6. The summed E-state index contributed by atoms with van der Waals surface area (Å²) in [6, 6.07) is 35.9. The second kappa shape index (κ2) is 12.9. The van der Waals surface area contributed by atoms with Crippen LogP contribution >= 0.6 is 0 Å². The fourth-order valence-corrected chi connectivity index (χ4v) is 5.19. The molecule has 0 radical (unpaired) electrons. The highest BCUT2D eigenvalue weighted by Crippen LogP contribution is 2.30. The molecule has 41 heavy (non-hydrogen) atoms. The molecule has 5 rings (SSSR count). The van der Waals surface area contributed by atoms with Crippen LogP contribution < -0.4 is 10.6 Å². The topological polar surface area (TPSA) is 100 Å². The summed E-state index contributed by atoms with van der Waals surface area (Å²) in [7, 11) is 0. The Morgan fingerprint density at radius 2 is 1.27 bits per heavy atom. The van der Waals surface area contributed by atoms with E-state index >= 15 is 0 Å². The largest absolute Gasteiger partial charge is 0.464 e. The number of amides is 1. The minimum absolute atomic E-state index is 0.0145. The monoisotopic (exact) mass is 545 g/mol. The Bertz CT molecular complexity index is 1590. The number of ketones is 1. The van der Waals surface area contributed by atoms with Crippen molar-refractivity contribution < 1.29 is 19.5 Å². The summed E-state index contributed by atoms with van der Waals surface area (Å²) in [5.41, 5.74) is 3.59. The number of hydrogen-bond acceptors (Lipinski definition) is 4. The molecule has 4 aromatic carbocycles. The average molecular weight is 546 g/mol. The van der Waals surface area contributed by atoms with Crippen molar-refractivity contribution in [2.45, 2.75) is 18.4 Å². The number of carbonyl (C=O) groups excluding carboxylic acids is 2. The summed E-state index contributed by atoms with van der Waals surface area (Å²) >= 11 is 0. The van der Waals surface area contributed by atoms with Gasteiger partial charge in [0.15, 0.2) is 5.78 Å². The summed E-state index contributed by atoms with van der Waals surface area (Å²) in [5.74, 6) is -0.405. The Labute approximate surface area is 238 Å². The molecule has 1 unspecified atom stereocenters. The first kappa shape index (κ1) is 27.6. The van der Waals surface area contributed by atoms with Crippen molar-refractivity contribution >= 4 is 28.7 Å². The van der Waals surface area contributed by atoms with Gasteiger partial charge in [0.25, 0.3) is 5.91 Å². The predicted octanol–water partition coefficient (Wildman–Crippen LogP) is 5.96. The first-order valence-corrected chi connectivity index (χ1v) is 13.6. The number of para-hydroxylation sites is 1. The highest BCUT2D eigenvalue weighted by atomic mass is 16.4. The van der Waals surface area contributed by atoms with Crippen molar-refractivity contribution in [2.75, 3.05) is 13.1 Å². The van der Waals surface area contributed by atoms with Crippen LogP contribution in [0, 0.1) is 0 Å². The molecule has 5 aromatic rings. The molecule has 0 saturated carbocycles. The van der Waals surface area contributed by atoms with Gasteiger partial charge in [-0.3, -0.25) is 14.2 Å². The Morgan fingerprint density at radius 1 is 0.707 bits per heavy atom. The van der Waals surface area contributed by atoms with Gasteiger partial charge in [-0.05, 0) is 23.6 Å². The van der Waals surface area contributed by atoms with Crippen LogP contribution in [0.3, 0.4) is 0 Å². The zero-order valence-electron chi connectivity index (χ0n) is 22.4. The molecule has 3 N–H and O–H groups in total. The highest BCUT2D eigenvalue weighted by Gasteiger charge is 2.26. The molecule has 0 aliphatic rings. The summed E-state index contributed by atoms with van der Waals surface area (Å²) in [4.78, 5) is 38.4. The van der Waals surface area contributed by atoms with E-state index in [-0.39, 0.29) is 29.7 Å². The van der Waals surface area contributed by atoms with Crippen molar-refractivity contribution in [1.82, 2.24) is 15.2 Å². The summed E-state index contributed by atoms with van der Waals surface area (Å²) < 4.78 is 1.05. The number of nitrogens with one attached hydrogen (secondary N) is 2. The van der Waals surface area contributed by atoms with Crippen molar-refractivity contribution in [3.05, 3.63) is 144 Å². The van der Waals surface area contributed by atoms with Gasteiger partial charge in [0, 0.05) is 36.2 Å². The number of benzene rings is 4. The van der Waals surface area contributed by atoms with Gasteiger partial charge in [0.1, 0.15) is 0 Å². The van der Waals surface area contributed by atoms with E-state index in [1.807, 2.05) is 66.7 Å². The van der Waals surface area contributed by atoms with E-state index in [0.29, 0.717) is 29.4 Å². The maximum atomic E-state index is 13.7. The molecule has 7 nitrogen and oxygen atoms in total. The van der Waals surface area contributed by atoms with Crippen molar-refractivity contribution in [3.8, 4) is 0 Å². The molecular formula is C34H31N3O4. The number of rotatable bonds is 11. The molecule has 1 atom stereocenters. The number of fused-ring (bicyclic) bond motifs is 1. The van der Waals surface area contributed by atoms with Crippen LogP contribution in [0.2, 0.25) is 0 Å². The smallest absolute Gasteiger partial charge is 0.416 e. The van der Waals surface area contributed by atoms with Gasteiger partial charge < -0.3 is 15.7 Å². The molecule has 0 fully saturated rings. The molecule has 0 spiro atoms. The molecule has 7 heteroatoms. The third-order valence-electron chi connectivity index (χ3n) is 7.21. The fourth-order valence-electron chi connectivity index (χ4n) is 5.19. The maximum Gasteiger partial charge on any atom is 0.416 e. The first-order chi connectivity index (χ1) is 20.0. The lowest BCUT2D eigenvalue weighted by Gasteiger charge is -2.25. The number of hydrogen-bond donors (Lipinski definition) is 3. The lowest BCUT2D eigenvalue weighted by molar-refractivity contribution is 0.0935. The standard InChI is InChI=1S/C34H31N3O4/c38-32(26-16-8-3-9-17-26)30(22-28(24-12-4-1-5-13-24)25-14-6-2-7-15-25)35-20-21-36-33(39)29-23-37(34(40)41)31-19-11-10-18-27(29)31/h1-19,23,28,30,35H,20-22H2,(H,36,39)(H,40,41). The summed E-state index contributed by atoms with van der Waals surface area (Å²) in [5, 5.41) is 16.4. The summed E-state index contributed by atoms with van der Waals surface area (Å²) in [6.45, 7) is 0.605. The second-order valence-corrected chi connectivity index (χ2v) is 9.82. The summed E-state index contributed by atoms with van der Waals surface area (Å²) in [6.07, 6.45) is 0.708. The quantitative estimate of drug-likeness (QED) is 0.140. The number of carbonyl (C=O) groups is 3. The number of carboxylic acid groups (broad SMARTS) is 1. The normalized spacial score (nSPS) is 11.8. The lowest BCUT2D eigenvalue weighted by Crippen LogP contribution is -2.42. The molecule has 1 amide bonds. The Hall–Kier alpha value is -5.01. The molecule has 0 saturated heterocycles. The van der Waals surface area contributed by atoms with Crippen LogP contribution in [0.5, 0.6) is 0 Å². The lowest BCUT2D eigenvalue weighted by atomic mass is 9.84. The minimum Gasteiger partial charge on any atom is -0.464 e. The second-order valence-electron chi connectivity index (χ2n) is 9.82. The highest BCUT2D eigenvalue weighted by molar-refractivity contribution is 6.08. The van der Waals surface area contributed by atoms with Crippen LogP contribution in [0.25, 0.3) is 10.9 Å². The molecule has 206 valence electrons.